The third-order valence-electron chi connectivity index (χ3n) is 4.20. The first-order valence-corrected chi connectivity index (χ1v) is 7.58. The van der Waals surface area contributed by atoms with Gasteiger partial charge in [0.1, 0.15) is 5.76 Å². The fraction of sp³-hybridized carbons (Fsp3) is 0.562. The maximum absolute atomic E-state index is 11.7. The summed E-state index contributed by atoms with van der Waals surface area (Å²) in [5.74, 6) is 1.13. The van der Waals surface area contributed by atoms with Gasteiger partial charge in [-0.2, -0.15) is 4.99 Å². The summed E-state index contributed by atoms with van der Waals surface area (Å²) in [5, 5.41) is 0. The molecular weight excluding hydrogens is 270 g/mol. The number of hydrogen-bond donors (Lipinski definition) is 0. The van der Waals surface area contributed by atoms with E-state index < -0.39 is 5.63 Å². The number of fused-ring (bicyclic) bond motifs is 1. The van der Waals surface area contributed by atoms with Gasteiger partial charge >= 0.3 is 5.63 Å². The van der Waals surface area contributed by atoms with Crippen LogP contribution in [0.5, 0.6) is 0 Å². The SMILES string of the molecule is CCOC1=NC(=O)Cc2oc(=O)cc(CCC3CCC3)c21. The number of amides is 1. The molecule has 0 aromatic carbocycles. The molecule has 1 aliphatic carbocycles. The van der Waals surface area contributed by atoms with Crippen molar-refractivity contribution in [1.82, 2.24) is 0 Å². The van der Waals surface area contributed by atoms with Crippen molar-refractivity contribution in [2.45, 2.75) is 45.4 Å². The zero-order chi connectivity index (χ0) is 14.8. The van der Waals surface area contributed by atoms with Crippen LogP contribution in [0.1, 0.15) is 49.5 Å². The maximum atomic E-state index is 11.7. The van der Waals surface area contributed by atoms with Crippen molar-refractivity contribution in [2.75, 3.05) is 6.61 Å². The van der Waals surface area contributed by atoms with Crippen LogP contribution in [0.15, 0.2) is 20.3 Å². The van der Waals surface area contributed by atoms with Crippen molar-refractivity contribution in [2.24, 2.45) is 10.9 Å². The van der Waals surface area contributed by atoms with Crippen LogP contribution in [0.2, 0.25) is 0 Å². The Hall–Kier alpha value is -1.91. The predicted octanol–water partition coefficient (Wildman–Crippen LogP) is 2.24. The lowest BCUT2D eigenvalue weighted by Crippen LogP contribution is -2.24. The van der Waals surface area contributed by atoms with E-state index in [0.29, 0.717) is 18.3 Å². The van der Waals surface area contributed by atoms with Crippen LogP contribution >= 0.6 is 0 Å². The minimum absolute atomic E-state index is 0.0401. The number of carbonyl (C=O) groups is 1. The van der Waals surface area contributed by atoms with Gasteiger partial charge in [0, 0.05) is 6.07 Å². The summed E-state index contributed by atoms with van der Waals surface area (Å²) in [4.78, 5) is 27.3. The second-order valence-corrected chi connectivity index (χ2v) is 5.64. The standard InChI is InChI=1S/C16H19NO4/c1-2-20-16-15-11(7-6-10-4-3-5-10)8-14(19)21-12(15)9-13(18)17-16/h8,10H,2-7,9H2,1H3. The van der Waals surface area contributed by atoms with Gasteiger partial charge in [-0.3, -0.25) is 4.79 Å². The van der Waals surface area contributed by atoms with Crippen LogP contribution in [-0.4, -0.2) is 18.4 Å². The van der Waals surface area contributed by atoms with E-state index in [1.54, 1.807) is 0 Å². The van der Waals surface area contributed by atoms with Crippen molar-refractivity contribution >= 4 is 11.8 Å². The molecule has 0 unspecified atom stereocenters. The molecule has 2 aliphatic rings. The molecule has 1 saturated carbocycles. The Bertz CT molecular complexity index is 640. The van der Waals surface area contributed by atoms with Crippen molar-refractivity contribution in [3.8, 4) is 0 Å². The molecule has 1 fully saturated rings. The van der Waals surface area contributed by atoms with Crippen LogP contribution in [0.4, 0.5) is 0 Å². The number of rotatable bonds is 4. The number of hydrogen-bond acceptors (Lipinski definition) is 4. The second-order valence-electron chi connectivity index (χ2n) is 5.64. The zero-order valence-electron chi connectivity index (χ0n) is 12.2. The van der Waals surface area contributed by atoms with Gasteiger partial charge in [0.15, 0.2) is 0 Å². The molecule has 0 bridgehead atoms. The fourth-order valence-electron chi connectivity index (χ4n) is 2.90. The van der Waals surface area contributed by atoms with Gasteiger partial charge in [-0.25, -0.2) is 4.79 Å². The third kappa shape index (κ3) is 2.91. The van der Waals surface area contributed by atoms with Gasteiger partial charge in [0.2, 0.25) is 5.90 Å². The van der Waals surface area contributed by atoms with E-state index in [9.17, 15) is 9.59 Å². The summed E-state index contributed by atoms with van der Waals surface area (Å²) in [6.45, 7) is 2.27. The summed E-state index contributed by atoms with van der Waals surface area (Å²) in [6, 6.07) is 1.52. The number of aryl methyl sites for hydroxylation is 1. The van der Waals surface area contributed by atoms with Crippen LogP contribution in [0.3, 0.4) is 0 Å². The Morgan fingerprint density at radius 2 is 2.19 bits per heavy atom. The van der Waals surface area contributed by atoms with Gasteiger partial charge in [-0.15, -0.1) is 0 Å². The fourth-order valence-corrected chi connectivity index (χ4v) is 2.90. The summed E-state index contributed by atoms with van der Waals surface area (Å²) in [6.07, 6.45) is 5.75. The highest BCUT2D eigenvalue weighted by Crippen LogP contribution is 2.31. The van der Waals surface area contributed by atoms with E-state index in [1.807, 2.05) is 6.92 Å². The number of nitrogens with zero attached hydrogens (tertiary/aromatic N) is 1. The molecule has 1 aliphatic heterocycles. The van der Waals surface area contributed by atoms with Crippen molar-refractivity contribution in [1.29, 1.82) is 0 Å². The Kier molecular flexibility index (Phi) is 3.90. The van der Waals surface area contributed by atoms with E-state index >= 15 is 0 Å². The van der Waals surface area contributed by atoms with Crippen LogP contribution < -0.4 is 5.63 Å². The second kappa shape index (κ2) is 5.84. The van der Waals surface area contributed by atoms with Gasteiger partial charge in [-0.1, -0.05) is 19.3 Å². The van der Waals surface area contributed by atoms with E-state index in [2.05, 4.69) is 4.99 Å². The summed E-state index contributed by atoms with van der Waals surface area (Å²) < 4.78 is 10.7. The van der Waals surface area contributed by atoms with E-state index in [1.165, 1.54) is 25.3 Å². The molecule has 21 heavy (non-hydrogen) atoms. The molecule has 5 nitrogen and oxygen atoms in total. The number of carbonyl (C=O) groups excluding carboxylic acids is 1. The lowest BCUT2D eigenvalue weighted by atomic mass is 9.81. The molecule has 0 spiro atoms. The van der Waals surface area contributed by atoms with E-state index in [0.717, 1.165) is 29.9 Å². The van der Waals surface area contributed by atoms with Crippen molar-refractivity contribution in [3.63, 3.8) is 0 Å². The Balaban J connectivity index is 1.94. The Labute approximate surface area is 123 Å². The normalized spacial score (nSPS) is 18.0. The van der Waals surface area contributed by atoms with Gasteiger partial charge < -0.3 is 9.15 Å². The first-order valence-electron chi connectivity index (χ1n) is 7.58. The third-order valence-corrected chi connectivity index (χ3v) is 4.20. The molecule has 1 aromatic heterocycles. The van der Waals surface area contributed by atoms with Crippen molar-refractivity contribution < 1.29 is 13.9 Å². The topological polar surface area (TPSA) is 68.9 Å². The lowest BCUT2D eigenvalue weighted by molar-refractivity contribution is -0.117. The highest BCUT2D eigenvalue weighted by atomic mass is 16.5. The molecule has 1 amide bonds. The molecular formula is C16H19NO4. The predicted molar refractivity (Wildman–Crippen MR) is 77.5 cm³/mol. The molecule has 5 heteroatoms. The summed E-state index contributed by atoms with van der Waals surface area (Å²) in [5.41, 5.74) is 1.21. The smallest absolute Gasteiger partial charge is 0.336 e. The minimum Gasteiger partial charge on any atom is -0.477 e. The largest absolute Gasteiger partial charge is 0.477 e. The average Bonchev–Trinajstić information content (AvgIpc) is 2.35. The van der Waals surface area contributed by atoms with E-state index in [-0.39, 0.29) is 12.3 Å². The molecule has 0 N–H and O–H groups in total. The Morgan fingerprint density at radius 3 is 2.86 bits per heavy atom. The van der Waals surface area contributed by atoms with Gasteiger partial charge in [0.05, 0.1) is 18.6 Å². The van der Waals surface area contributed by atoms with Gasteiger partial charge in [-0.05, 0) is 31.2 Å². The molecule has 1 aromatic rings. The number of aliphatic imine (C=N–C) groups is 1. The molecule has 0 saturated heterocycles. The maximum Gasteiger partial charge on any atom is 0.336 e. The Morgan fingerprint density at radius 1 is 1.38 bits per heavy atom. The quantitative estimate of drug-likeness (QED) is 0.852. The summed E-state index contributed by atoms with van der Waals surface area (Å²) >= 11 is 0. The minimum atomic E-state index is -0.400. The molecule has 0 atom stereocenters. The average molecular weight is 289 g/mol. The van der Waals surface area contributed by atoms with Crippen molar-refractivity contribution in [3.05, 3.63) is 33.4 Å². The molecule has 3 rings (SSSR count). The highest BCUT2D eigenvalue weighted by Gasteiger charge is 2.27. The number of ether oxygens (including phenoxy) is 1. The van der Waals surface area contributed by atoms with E-state index in [4.69, 9.17) is 9.15 Å². The molecule has 0 radical (unpaired) electrons. The molecule has 112 valence electrons. The first-order chi connectivity index (χ1) is 10.2. The zero-order valence-corrected chi connectivity index (χ0v) is 12.2. The van der Waals surface area contributed by atoms with Gasteiger partial charge in [0.25, 0.3) is 5.91 Å². The van der Waals surface area contributed by atoms with Crippen LogP contribution in [-0.2, 0) is 22.4 Å². The lowest BCUT2D eigenvalue weighted by Gasteiger charge is -2.26. The highest BCUT2D eigenvalue weighted by molar-refractivity contribution is 6.06. The summed E-state index contributed by atoms with van der Waals surface area (Å²) in [7, 11) is 0. The first kappa shape index (κ1) is 14.0. The van der Waals surface area contributed by atoms with Crippen LogP contribution in [0.25, 0.3) is 0 Å². The monoisotopic (exact) mass is 289 g/mol. The van der Waals surface area contributed by atoms with Crippen LogP contribution in [0, 0.1) is 5.92 Å². The molecule has 2 heterocycles.